The summed E-state index contributed by atoms with van der Waals surface area (Å²) in [6, 6.07) is 3.64. The molecule has 6 heteroatoms. The summed E-state index contributed by atoms with van der Waals surface area (Å²) in [5, 5.41) is 3.18. The van der Waals surface area contributed by atoms with Crippen LogP contribution in [-0.4, -0.2) is 15.9 Å². The Morgan fingerprint density at radius 3 is 3.00 bits per heavy atom. The standard InChI is InChI=1S/C10H8ClN3OS/c11-8-6-13-10(16-8)14-9(15)4-7-2-1-3-12-5-7/h1-3,5-6H,4H2,(H,13,14,15). The third kappa shape index (κ3) is 3.01. The number of hydrogen-bond donors (Lipinski definition) is 1. The molecule has 82 valence electrons. The predicted molar refractivity (Wildman–Crippen MR) is 63.7 cm³/mol. The van der Waals surface area contributed by atoms with Crippen LogP contribution < -0.4 is 5.32 Å². The lowest BCUT2D eigenvalue weighted by Crippen LogP contribution is -2.14. The van der Waals surface area contributed by atoms with Gasteiger partial charge in [0.1, 0.15) is 4.34 Å². The highest BCUT2D eigenvalue weighted by atomic mass is 35.5. The lowest BCUT2D eigenvalue weighted by molar-refractivity contribution is -0.115. The van der Waals surface area contributed by atoms with Crippen LogP contribution in [0, 0.1) is 0 Å². The van der Waals surface area contributed by atoms with Crippen molar-refractivity contribution in [3.05, 3.63) is 40.6 Å². The van der Waals surface area contributed by atoms with E-state index < -0.39 is 0 Å². The topological polar surface area (TPSA) is 54.9 Å². The Hall–Kier alpha value is -1.46. The molecule has 0 aliphatic heterocycles. The summed E-state index contributed by atoms with van der Waals surface area (Å²) in [7, 11) is 0. The predicted octanol–water partition coefficient (Wildman–Crippen LogP) is 2.37. The second kappa shape index (κ2) is 5.05. The molecule has 0 atom stereocenters. The molecule has 0 bridgehead atoms. The maximum absolute atomic E-state index is 11.6. The average Bonchev–Trinajstić information content (AvgIpc) is 2.65. The minimum atomic E-state index is -0.126. The number of nitrogens with zero attached hydrogens (tertiary/aromatic N) is 2. The van der Waals surface area contributed by atoms with Gasteiger partial charge in [-0.25, -0.2) is 4.98 Å². The van der Waals surface area contributed by atoms with Crippen molar-refractivity contribution in [3.8, 4) is 0 Å². The largest absolute Gasteiger partial charge is 0.302 e. The Kier molecular flexibility index (Phi) is 3.48. The fourth-order valence-corrected chi connectivity index (χ4v) is 1.99. The summed E-state index contributed by atoms with van der Waals surface area (Å²) in [6.07, 6.45) is 5.12. The maximum atomic E-state index is 11.6. The average molecular weight is 254 g/mol. The quantitative estimate of drug-likeness (QED) is 0.914. The van der Waals surface area contributed by atoms with Crippen molar-refractivity contribution in [2.45, 2.75) is 6.42 Å². The van der Waals surface area contributed by atoms with Gasteiger partial charge in [0, 0.05) is 12.4 Å². The smallest absolute Gasteiger partial charge is 0.230 e. The van der Waals surface area contributed by atoms with Crippen LogP contribution in [0.3, 0.4) is 0 Å². The van der Waals surface area contributed by atoms with E-state index in [1.807, 2.05) is 6.07 Å². The van der Waals surface area contributed by atoms with Gasteiger partial charge in [0.15, 0.2) is 5.13 Å². The number of pyridine rings is 1. The number of anilines is 1. The van der Waals surface area contributed by atoms with Crippen molar-refractivity contribution < 1.29 is 4.79 Å². The van der Waals surface area contributed by atoms with Crippen molar-refractivity contribution in [2.75, 3.05) is 5.32 Å². The minimum absolute atomic E-state index is 0.126. The molecule has 0 radical (unpaired) electrons. The van der Waals surface area contributed by atoms with E-state index in [1.165, 1.54) is 17.5 Å². The third-order valence-corrected chi connectivity index (χ3v) is 2.84. The Labute approximate surface area is 101 Å². The molecule has 0 saturated heterocycles. The van der Waals surface area contributed by atoms with Crippen LogP contribution in [0.1, 0.15) is 5.56 Å². The van der Waals surface area contributed by atoms with E-state index in [2.05, 4.69) is 15.3 Å². The van der Waals surface area contributed by atoms with Crippen LogP contribution in [0.15, 0.2) is 30.7 Å². The van der Waals surface area contributed by atoms with Gasteiger partial charge in [0.2, 0.25) is 5.91 Å². The molecule has 0 aliphatic carbocycles. The molecule has 16 heavy (non-hydrogen) atoms. The minimum Gasteiger partial charge on any atom is -0.302 e. The van der Waals surface area contributed by atoms with Gasteiger partial charge in [-0.05, 0) is 11.6 Å². The molecule has 1 N–H and O–H groups in total. The molecule has 1 amide bonds. The van der Waals surface area contributed by atoms with E-state index in [4.69, 9.17) is 11.6 Å². The Bertz CT molecular complexity index is 486. The highest BCUT2D eigenvalue weighted by Crippen LogP contribution is 2.22. The molecule has 0 aromatic carbocycles. The van der Waals surface area contributed by atoms with E-state index in [9.17, 15) is 4.79 Å². The number of thiazole rings is 1. The van der Waals surface area contributed by atoms with Gasteiger partial charge < -0.3 is 5.32 Å². The van der Waals surface area contributed by atoms with Crippen LogP contribution in [0.25, 0.3) is 0 Å². The summed E-state index contributed by atoms with van der Waals surface area (Å²) < 4.78 is 0.552. The SMILES string of the molecule is O=C(Cc1cccnc1)Nc1ncc(Cl)s1. The lowest BCUT2D eigenvalue weighted by atomic mass is 10.2. The zero-order valence-electron chi connectivity index (χ0n) is 8.18. The molecule has 2 rings (SSSR count). The molecule has 2 aromatic rings. The van der Waals surface area contributed by atoms with Gasteiger partial charge in [-0.15, -0.1) is 0 Å². The lowest BCUT2D eigenvalue weighted by Gasteiger charge is -2.00. The van der Waals surface area contributed by atoms with E-state index in [0.717, 1.165) is 5.56 Å². The fourth-order valence-electron chi connectivity index (χ4n) is 1.16. The normalized spacial score (nSPS) is 10.1. The highest BCUT2D eigenvalue weighted by molar-refractivity contribution is 7.19. The molecule has 4 nitrogen and oxygen atoms in total. The first kappa shape index (κ1) is 11.0. The molecular weight excluding hydrogens is 246 g/mol. The molecule has 0 fully saturated rings. The number of nitrogens with one attached hydrogen (secondary N) is 1. The monoisotopic (exact) mass is 253 g/mol. The first-order valence-corrected chi connectivity index (χ1v) is 5.73. The number of halogens is 1. The first-order valence-electron chi connectivity index (χ1n) is 4.54. The van der Waals surface area contributed by atoms with Crippen molar-refractivity contribution in [1.82, 2.24) is 9.97 Å². The Balaban J connectivity index is 1.95. The molecule has 0 unspecified atom stereocenters. The zero-order valence-corrected chi connectivity index (χ0v) is 9.76. The number of rotatable bonds is 3. The summed E-state index contributed by atoms with van der Waals surface area (Å²) >= 11 is 6.93. The summed E-state index contributed by atoms with van der Waals surface area (Å²) in [5.74, 6) is -0.126. The first-order chi connectivity index (χ1) is 7.74. The summed E-state index contributed by atoms with van der Waals surface area (Å²) in [4.78, 5) is 19.4. The van der Waals surface area contributed by atoms with Crippen molar-refractivity contribution in [2.24, 2.45) is 0 Å². The molecule has 2 heterocycles. The van der Waals surface area contributed by atoms with Gasteiger partial charge in [-0.2, -0.15) is 0 Å². The Morgan fingerprint density at radius 1 is 1.50 bits per heavy atom. The van der Waals surface area contributed by atoms with Crippen LogP contribution in [-0.2, 0) is 11.2 Å². The molecule has 2 aromatic heterocycles. The van der Waals surface area contributed by atoms with Crippen molar-refractivity contribution >= 4 is 34.0 Å². The van der Waals surface area contributed by atoms with E-state index in [-0.39, 0.29) is 12.3 Å². The van der Waals surface area contributed by atoms with Crippen molar-refractivity contribution in [3.63, 3.8) is 0 Å². The molecule has 0 spiro atoms. The van der Waals surface area contributed by atoms with Crippen LogP contribution >= 0.6 is 22.9 Å². The fraction of sp³-hybridized carbons (Fsp3) is 0.100. The summed E-state index contributed by atoms with van der Waals surface area (Å²) in [5.41, 5.74) is 0.864. The second-order valence-electron chi connectivity index (χ2n) is 3.06. The Morgan fingerprint density at radius 2 is 2.38 bits per heavy atom. The van der Waals surface area contributed by atoms with E-state index in [0.29, 0.717) is 9.47 Å². The molecule has 0 aliphatic rings. The van der Waals surface area contributed by atoms with Gasteiger partial charge in [0.25, 0.3) is 0 Å². The number of hydrogen-bond acceptors (Lipinski definition) is 4. The van der Waals surface area contributed by atoms with Crippen LogP contribution in [0.2, 0.25) is 4.34 Å². The number of carbonyl (C=O) groups is 1. The van der Waals surface area contributed by atoms with Crippen LogP contribution in [0.5, 0.6) is 0 Å². The van der Waals surface area contributed by atoms with Gasteiger partial charge in [-0.1, -0.05) is 29.0 Å². The van der Waals surface area contributed by atoms with E-state index >= 15 is 0 Å². The molecular formula is C10H8ClN3OS. The number of amides is 1. The maximum Gasteiger partial charge on any atom is 0.230 e. The summed E-state index contributed by atoms with van der Waals surface area (Å²) in [6.45, 7) is 0. The van der Waals surface area contributed by atoms with Crippen LogP contribution in [0.4, 0.5) is 5.13 Å². The number of carbonyl (C=O) groups excluding carboxylic acids is 1. The molecule has 0 saturated carbocycles. The highest BCUT2D eigenvalue weighted by Gasteiger charge is 2.06. The zero-order chi connectivity index (χ0) is 11.4. The second-order valence-corrected chi connectivity index (χ2v) is 4.72. The third-order valence-electron chi connectivity index (χ3n) is 1.81. The number of aromatic nitrogens is 2. The van der Waals surface area contributed by atoms with Gasteiger partial charge in [-0.3, -0.25) is 9.78 Å². The van der Waals surface area contributed by atoms with E-state index in [1.54, 1.807) is 18.5 Å². The van der Waals surface area contributed by atoms with Crippen molar-refractivity contribution in [1.29, 1.82) is 0 Å². The van der Waals surface area contributed by atoms with Gasteiger partial charge >= 0.3 is 0 Å². The van der Waals surface area contributed by atoms with Gasteiger partial charge in [0.05, 0.1) is 12.6 Å².